The molecule has 0 radical (unpaired) electrons. The van der Waals surface area contributed by atoms with Gasteiger partial charge < -0.3 is 9.80 Å². The Bertz CT molecular complexity index is 1220. The summed E-state index contributed by atoms with van der Waals surface area (Å²) < 4.78 is 1.84. The van der Waals surface area contributed by atoms with Gasteiger partial charge in [0.25, 0.3) is 0 Å². The number of imidazole rings is 1. The van der Waals surface area contributed by atoms with Crippen LogP contribution in [0.5, 0.6) is 0 Å². The fourth-order valence-electron chi connectivity index (χ4n) is 4.41. The molecule has 6 nitrogen and oxygen atoms in total. The van der Waals surface area contributed by atoms with E-state index in [9.17, 15) is 0 Å². The molecule has 0 spiro atoms. The molecular formula is C26H32N6. The molecule has 2 aromatic heterocycles. The SMILES string of the molecule is C=C1C=C(c2cc(C)c3nc(C)cn3n2)N=C2C=CC(N(CC(C)C)CC3(C)CC3)=CN12. The number of hydrogen-bond donors (Lipinski definition) is 0. The van der Waals surface area contributed by atoms with Gasteiger partial charge in [-0.15, -0.1) is 0 Å². The van der Waals surface area contributed by atoms with E-state index in [0.29, 0.717) is 11.3 Å². The largest absolute Gasteiger partial charge is 0.370 e. The quantitative estimate of drug-likeness (QED) is 0.643. The van der Waals surface area contributed by atoms with Gasteiger partial charge in [-0.3, -0.25) is 0 Å². The molecule has 0 bridgehead atoms. The second kappa shape index (κ2) is 7.47. The van der Waals surface area contributed by atoms with Gasteiger partial charge in [0.1, 0.15) is 11.5 Å². The van der Waals surface area contributed by atoms with E-state index >= 15 is 0 Å². The molecule has 0 atom stereocenters. The van der Waals surface area contributed by atoms with Crippen molar-refractivity contribution in [3.63, 3.8) is 0 Å². The molecule has 3 aliphatic rings. The minimum Gasteiger partial charge on any atom is -0.370 e. The van der Waals surface area contributed by atoms with Crippen LogP contribution < -0.4 is 0 Å². The van der Waals surface area contributed by atoms with Gasteiger partial charge in [-0.2, -0.15) is 5.10 Å². The highest BCUT2D eigenvalue weighted by Gasteiger charge is 2.39. The second-order valence-corrected chi connectivity index (χ2v) is 10.2. The molecule has 5 rings (SSSR count). The number of amidine groups is 1. The Morgan fingerprint density at radius 1 is 1.22 bits per heavy atom. The molecule has 32 heavy (non-hydrogen) atoms. The summed E-state index contributed by atoms with van der Waals surface area (Å²) in [4.78, 5) is 14.1. The van der Waals surface area contributed by atoms with Crippen molar-refractivity contribution in [3.8, 4) is 0 Å². The number of hydrogen-bond acceptors (Lipinski definition) is 5. The van der Waals surface area contributed by atoms with Gasteiger partial charge in [-0.25, -0.2) is 14.5 Å². The standard InChI is InChI=1S/C26H32N6/c1-17(2)13-30(16-26(6)9-10-26)21-7-8-24-28-22(12-20(5)31(24)15-21)23-11-18(3)25-27-19(4)14-32(25)29-23/h7-8,11-12,14-15,17H,5,9-10,13,16H2,1-4,6H3. The predicted octanol–water partition coefficient (Wildman–Crippen LogP) is 5.08. The van der Waals surface area contributed by atoms with Crippen LogP contribution in [0.4, 0.5) is 0 Å². The second-order valence-electron chi connectivity index (χ2n) is 10.2. The highest BCUT2D eigenvalue weighted by molar-refractivity contribution is 6.01. The third kappa shape index (κ3) is 3.90. The first-order valence-corrected chi connectivity index (χ1v) is 11.5. The fourth-order valence-corrected chi connectivity index (χ4v) is 4.41. The maximum Gasteiger partial charge on any atom is 0.156 e. The van der Waals surface area contributed by atoms with Gasteiger partial charge >= 0.3 is 0 Å². The number of allylic oxidation sites excluding steroid dienone is 2. The minimum atomic E-state index is 0.456. The van der Waals surface area contributed by atoms with E-state index in [-0.39, 0.29) is 0 Å². The first kappa shape index (κ1) is 20.7. The molecule has 0 amide bonds. The molecule has 0 N–H and O–H groups in total. The number of aliphatic imine (C=N–C) groups is 1. The van der Waals surface area contributed by atoms with Gasteiger partial charge in [0, 0.05) is 25.0 Å². The van der Waals surface area contributed by atoms with Crippen molar-refractivity contribution in [2.75, 3.05) is 13.1 Å². The van der Waals surface area contributed by atoms with E-state index in [4.69, 9.17) is 10.1 Å². The van der Waals surface area contributed by atoms with Crippen LogP contribution in [0.2, 0.25) is 0 Å². The molecule has 4 heterocycles. The lowest BCUT2D eigenvalue weighted by Crippen LogP contribution is -2.36. The number of aromatic nitrogens is 3. The Morgan fingerprint density at radius 3 is 2.72 bits per heavy atom. The van der Waals surface area contributed by atoms with Crippen molar-refractivity contribution in [2.45, 2.75) is 47.5 Å². The van der Waals surface area contributed by atoms with Crippen LogP contribution >= 0.6 is 0 Å². The minimum absolute atomic E-state index is 0.456. The smallest absolute Gasteiger partial charge is 0.156 e. The summed E-state index contributed by atoms with van der Waals surface area (Å²) in [5.41, 5.74) is 7.15. The molecule has 1 fully saturated rings. The van der Waals surface area contributed by atoms with Crippen LogP contribution in [0.1, 0.15) is 50.6 Å². The monoisotopic (exact) mass is 428 g/mol. The molecular weight excluding hydrogens is 396 g/mol. The van der Waals surface area contributed by atoms with E-state index in [1.165, 1.54) is 18.5 Å². The van der Waals surface area contributed by atoms with Crippen LogP contribution in [0, 0.1) is 25.2 Å². The summed E-state index contributed by atoms with van der Waals surface area (Å²) in [7, 11) is 0. The Hall–Kier alpha value is -3.15. The lowest BCUT2D eigenvalue weighted by molar-refractivity contribution is 0.260. The van der Waals surface area contributed by atoms with Crippen LogP contribution in [-0.2, 0) is 0 Å². The summed E-state index contributed by atoms with van der Waals surface area (Å²) in [6, 6.07) is 2.05. The highest BCUT2D eigenvalue weighted by atomic mass is 15.3. The van der Waals surface area contributed by atoms with Gasteiger partial charge in [0.15, 0.2) is 5.65 Å². The van der Waals surface area contributed by atoms with Crippen molar-refractivity contribution in [3.05, 3.63) is 71.6 Å². The van der Waals surface area contributed by atoms with Crippen molar-refractivity contribution < 1.29 is 0 Å². The lowest BCUT2D eigenvalue weighted by atomic mass is 10.1. The number of fused-ring (bicyclic) bond motifs is 2. The van der Waals surface area contributed by atoms with E-state index < -0.39 is 0 Å². The summed E-state index contributed by atoms with van der Waals surface area (Å²) in [6.45, 7) is 17.5. The Labute approximate surface area is 190 Å². The molecule has 0 saturated heterocycles. The third-order valence-electron chi connectivity index (χ3n) is 6.38. The highest BCUT2D eigenvalue weighted by Crippen LogP contribution is 2.46. The Morgan fingerprint density at radius 2 is 2.00 bits per heavy atom. The number of nitrogens with zero attached hydrogens (tertiary/aromatic N) is 6. The molecule has 0 aromatic carbocycles. The van der Waals surface area contributed by atoms with E-state index in [0.717, 1.165) is 52.9 Å². The molecule has 2 aliphatic heterocycles. The molecule has 166 valence electrons. The zero-order valence-corrected chi connectivity index (χ0v) is 19.8. The fraction of sp³-hybridized carbons (Fsp3) is 0.423. The van der Waals surface area contributed by atoms with E-state index in [1.54, 1.807) is 0 Å². The molecule has 6 heteroatoms. The van der Waals surface area contributed by atoms with Crippen LogP contribution in [0.25, 0.3) is 11.3 Å². The van der Waals surface area contributed by atoms with Crippen molar-refractivity contribution >= 4 is 17.2 Å². The van der Waals surface area contributed by atoms with Crippen molar-refractivity contribution in [1.82, 2.24) is 24.4 Å². The van der Waals surface area contributed by atoms with Gasteiger partial charge in [0.2, 0.25) is 0 Å². The van der Waals surface area contributed by atoms with Crippen molar-refractivity contribution in [2.24, 2.45) is 16.3 Å². The Kier molecular flexibility index (Phi) is 4.84. The first-order chi connectivity index (χ1) is 15.2. The maximum absolute atomic E-state index is 4.92. The van der Waals surface area contributed by atoms with Crippen LogP contribution in [-0.4, -0.2) is 43.3 Å². The zero-order valence-electron chi connectivity index (χ0n) is 19.8. The molecule has 1 aliphatic carbocycles. The summed E-state index contributed by atoms with van der Waals surface area (Å²) >= 11 is 0. The predicted molar refractivity (Wildman–Crippen MR) is 130 cm³/mol. The van der Waals surface area contributed by atoms with Crippen LogP contribution in [0.15, 0.2) is 59.7 Å². The van der Waals surface area contributed by atoms with E-state index in [2.05, 4.69) is 73.5 Å². The maximum atomic E-state index is 4.92. The third-order valence-corrected chi connectivity index (χ3v) is 6.38. The number of aryl methyl sites for hydroxylation is 2. The first-order valence-electron chi connectivity index (χ1n) is 11.5. The molecule has 2 aromatic rings. The molecule has 1 saturated carbocycles. The Balaban J connectivity index is 1.44. The topological polar surface area (TPSA) is 49.0 Å². The van der Waals surface area contributed by atoms with Gasteiger partial charge in [-0.1, -0.05) is 27.4 Å². The normalized spacial score (nSPS) is 19.1. The van der Waals surface area contributed by atoms with E-state index in [1.807, 2.05) is 23.7 Å². The van der Waals surface area contributed by atoms with Crippen LogP contribution in [0.3, 0.4) is 0 Å². The summed E-state index contributed by atoms with van der Waals surface area (Å²) in [6.07, 6.45) is 13.1. The zero-order chi connectivity index (χ0) is 22.6. The lowest BCUT2D eigenvalue weighted by Gasteiger charge is -2.35. The average Bonchev–Trinajstić information content (AvgIpc) is 3.32. The summed E-state index contributed by atoms with van der Waals surface area (Å²) in [5.74, 6) is 1.48. The van der Waals surface area contributed by atoms with Gasteiger partial charge in [-0.05, 0) is 67.9 Å². The number of rotatable bonds is 6. The summed E-state index contributed by atoms with van der Waals surface area (Å²) in [5, 5.41) is 4.75. The van der Waals surface area contributed by atoms with Gasteiger partial charge in [0.05, 0.1) is 23.3 Å². The molecule has 0 unspecified atom stereocenters. The average molecular weight is 429 g/mol. The van der Waals surface area contributed by atoms with Crippen molar-refractivity contribution in [1.29, 1.82) is 0 Å².